The van der Waals surface area contributed by atoms with Crippen molar-refractivity contribution in [3.8, 4) is 11.1 Å². The third kappa shape index (κ3) is 2.39. The molecule has 0 saturated heterocycles. The SMILES string of the molecule is Cc1ccccc1-c1cc(CCl)ccc1C(=O)O. The molecule has 0 radical (unpaired) electrons. The van der Waals surface area contributed by atoms with Gasteiger partial charge in [0.2, 0.25) is 0 Å². The highest BCUT2D eigenvalue weighted by molar-refractivity contribution is 6.17. The zero-order valence-electron chi connectivity index (χ0n) is 9.98. The maximum Gasteiger partial charge on any atom is 0.336 e. The summed E-state index contributed by atoms with van der Waals surface area (Å²) in [5.74, 6) is -0.548. The number of rotatable bonds is 3. The van der Waals surface area contributed by atoms with E-state index in [1.807, 2.05) is 37.3 Å². The van der Waals surface area contributed by atoms with Crippen molar-refractivity contribution in [1.82, 2.24) is 0 Å². The van der Waals surface area contributed by atoms with Crippen LogP contribution in [0.3, 0.4) is 0 Å². The van der Waals surface area contributed by atoms with E-state index in [9.17, 15) is 9.90 Å². The average Bonchev–Trinajstić information content (AvgIpc) is 2.38. The summed E-state index contributed by atoms with van der Waals surface area (Å²) >= 11 is 5.81. The number of hydrogen-bond acceptors (Lipinski definition) is 1. The minimum atomic E-state index is -0.922. The van der Waals surface area contributed by atoms with Crippen LogP contribution in [-0.4, -0.2) is 11.1 Å². The molecule has 0 spiro atoms. The molecule has 0 aromatic heterocycles. The van der Waals surface area contributed by atoms with Gasteiger partial charge >= 0.3 is 5.97 Å². The van der Waals surface area contributed by atoms with Crippen molar-refractivity contribution < 1.29 is 9.90 Å². The van der Waals surface area contributed by atoms with Crippen molar-refractivity contribution in [3.05, 3.63) is 59.2 Å². The topological polar surface area (TPSA) is 37.3 Å². The lowest BCUT2D eigenvalue weighted by Crippen LogP contribution is -2.01. The number of halogens is 1. The number of carboxylic acids is 1. The van der Waals surface area contributed by atoms with Crippen LogP contribution in [0.4, 0.5) is 0 Å². The van der Waals surface area contributed by atoms with Gasteiger partial charge in [0.15, 0.2) is 0 Å². The molecule has 3 heteroatoms. The Hall–Kier alpha value is -1.80. The second-order valence-electron chi connectivity index (χ2n) is 4.13. The summed E-state index contributed by atoms with van der Waals surface area (Å²) in [6, 6.07) is 12.9. The van der Waals surface area contributed by atoms with E-state index in [0.29, 0.717) is 11.4 Å². The molecule has 1 N–H and O–H groups in total. The summed E-state index contributed by atoms with van der Waals surface area (Å²) in [6.45, 7) is 1.97. The summed E-state index contributed by atoms with van der Waals surface area (Å²) in [4.78, 5) is 11.3. The summed E-state index contributed by atoms with van der Waals surface area (Å²) in [5, 5.41) is 9.25. The lowest BCUT2D eigenvalue weighted by molar-refractivity contribution is 0.0698. The van der Waals surface area contributed by atoms with Gasteiger partial charge < -0.3 is 5.11 Å². The number of aryl methyl sites for hydroxylation is 1. The van der Waals surface area contributed by atoms with Crippen molar-refractivity contribution in [2.24, 2.45) is 0 Å². The Morgan fingerprint density at radius 3 is 2.50 bits per heavy atom. The van der Waals surface area contributed by atoms with E-state index < -0.39 is 5.97 Å². The Balaban J connectivity index is 2.68. The molecule has 0 saturated carbocycles. The molecule has 2 aromatic rings. The smallest absolute Gasteiger partial charge is 0.336 e. The molecule has 2 aromatic carbocycles. The van der Waals surface area contributed by atoms with Gasteiger partial charge in [-0.25, -0.2) is 4.79 Å². The molecule has 0 heterocycles. The van der Waals surface area contributed by atoms with Crippen molar-refractivity contribution in [2.75, 3.05) is 0 Å². The predicted molar refractivity (Wildman–Crippen MR) is 73.1 cm³/mol. The molecule has 0 aliphatic heterocycles. The van der Waals surface area contributed by atoms with Crippen molar-refractivity contribution in [2.45, 2.75) is 12.8 Å². The van der Waals surface area contributed by atoms with E-state index in [1.54, 1.807) is 12.1 Å². The summed E-state index contributed by atoms with van der Waals surface area (Å²) in [5.41, 5.74) is 3.92. The Kier molecular flexibility index (Phi) is 3.68. The second kappa shape index (κ2) is 5.23. The Morgan fingerprint density at radius 2 is 1.89 bits per heavy atom. The zero-order chi connectivity index (χ0) is 13.1. The van der Waals surface area contributed by atoms with Gasteiger partial charge in [-0.2, -0.15) is 0 Å². The van der Waals surface area contributed by atoms with Gasteiger partial charge in [-0.3, -0.25) is 0 Å². The average molecular weight is 261 g/mol. The van der Waals surface area contributed by atoms with Gasteiger partial charge in [0.1, 0.15) is 0 Å². The van der Waals surface area contributed by atoms with Gasteiger partial charge in [-0.05, 0) is 41.3 Å². The number of alkyl halides is 1. The molecule has 0 fully saturated rings. The van der Waals surface area contributed by atoms with E-state index >= 15 is 0 Å². The predicted octanol–water partition coefficient (Wildman–Crippen LogP) is 4.10. The molecule has 0 unspecified atom stereocenters. The van der Waals surface area contributed by atoms with E-state index in [4.69, 9.17) is 11.6 Å². The van der Waals surface area contributed by atoms with Crippen molar-refractivity contribution in [1.29, 1.82) is 0 Å². The number of hydrogen-bond donors (Lipinski definition) is 1. The standard InChI is InChI=1S/C15H13ClO2/c1-10-4-2-3-5-12(10)14-8-11(9-16)6-7-13(14)15(17)18/h2-8H,9H2,1H3,(H,17,18). The number of carboxylic acid groups (broad SMARTS) is 1. The Bertz CT molecular complexity index is 591. The first kappa shape index (κ1) is 12.7. The Labute approximate surface area is 111 Å². The van der Waals surface area contributed by atoms with Gasteiger partial charge in [0.05, 0.1) is 5.56 Å². The third-order valence-corrected chi connectivity index (χ3v) is 3.21. The van der Waals surface area contributed by atoms with Gasteiger partial charge in [0, 0.05) is 5.88 Å². The monoisotopic (exact) mass is 260 g/mol. The van der Waals surface area contributed by atoms with Crippen LogP contribution in [0.2, 0.25) is 0 Å². The first-order valence-corrected chi connectivity index (χ1v) is 6.15. The molecule has 2 nitrogen and oxygen atoms in total. The summed E-state index contributed by atoms with van der Waals surface area (Å²) in [6.07, 6.45) is 0. The third-order valence-electron chi connectivity index (χ3n) is 2.90. The Morgan fingerprint density at radius 1 is 1.17 bits per heavy atom. The molecule has 0 atom stereocenters. The zero-order valence-corrected chi connectivity index (χ0v) is 10.7. The molecule has 2 rings (SSSR count). The summed E-state index contributed by atoms with van der Waals surface area (Å²) < 4.78 is 0. The van der Waals surface area contributed by atoms with Crippen molar-refractivity contribution in [3.63, 3.8) is 0 Å². The van der Waals surface area contributed by atoms with Crippen LogP contribution in [-0.2, 0) is 5.88 Å². The number of aromatic carboxylic acids is 1. The highest BCUT2D eigenvalue weighted by Gasteiger charge is 2.13. The molecular formula is C15H13ClO2. The lowest BCUT2D eigenvalue weighted by Gasteiger charge is -2.10. The van der Waals surface area contributed by atoms with E-state index in [1.165, 1.54) is 0 Å². The minimum Gasteiger partial charge on any atom is -0.478 e. The molecule has 0 aliphatic carbocycles. The van der Waals surface area contributed by atoms with Crippen LogP contribution in [0.1, 0.15) is 21.5 Å². The first-order chi connectivity index (χ1) is 8.63. The number of benzene rings is 2. The maximum atomic E-state index is 11.3. The van der Waals surface area contributed by atoms with Crippen LogP contribution in [0.25, 0.3) is 11.1 Å². The van der Waals surface area contributed by atoms with Crippen LogP contribution in [0.15, 0.2) is 42.5 Å². The largest absolute Gasteiger partial charge is 0.478 e. The van der Waals surface area contributed by atoms with Gasteiger partial charge in [0.25, 0.3) is 0 Å². The maximum absolute atomic E-state index is 11.3. The fraction of sp³-hybridized carbons (Fsp3) is 0.133. The van der Waals surface area contributed by atoms with Crippen LogP contribution < -0.4 is 0 Å². The molecule has 18 heavy (non-hydrogen) atoms. The normalized spacial score (nSPS) is 10.3. The fourth-order valence-corrected chi connectivity index (χ4v) is 2.13. The minimum absolute atomic E-state index is 0.304. The van der Waals surface area contributed by atoms with Crippen molar-refractivity contribution >= 4 is 17.6 Å². The number of carbonyl (C=O) groups is 1. The van der Waals surface area contributed by atoms with Crippen LogP contribution in [0.5, 0.6) is 0 Å². The molecule has 0 bridgehead atoms. The lowest BCUT2D eigenvalue weighted by atomic mass is 9.94. The van der Waals surface area contributed by atoms with Crippen LogP contribution in [0, 0.1) is 6.92 Å². The molecular weight excluding hydrogens is 248 g/mol. The van der Waals surface area contributed by atoms with Gasteiger partial charge in [-0.15, -0.1) is 11.6 Å². The summed E-state index contributed by atoms with van der Waals surface area (Å²) in [7, 11) is 0. The first-order valence-electron chi connectivity index (χ1n) is 5.61. The molecule has 0 aliphatic rings. The highest BCUT2D eigenvalue weighted by atomic mass is 35.5. The van der Waals surface area contributed by atoms with Gasteiger partial charge in [-0.1, -0.05) is 30.3 Å². The van der Waals surface area contributed by atoms with E-state index in [-0.39, 0.29) is 0 Å². The molecule has 0 amide bonds. The second-order valence-corrected chi connectivity index (χ2v) is 4.40. The van der Waals surface area contributed by atoms with E-state index in [0.717, 1.165) is 22.3 Å². The quantitative estimate of drug-likeness (QED) is 0.844. The van der Waals surface area contributed by atoms with Crippen LogP contribution >= 0.6 is 11.6 Å². The van der Waals surface area contributed by atoms with E-state index in [2.05, 4.69) is 0 Å². The highest BCUT2D eigenvalue weighted by Crippen LogP contribution is 2.28. The fourth-order valence-electron chi connectivity index (χ4n) is 1.96. The molecule has 92 valence electrons.